The first kappa shape index (κ1) is 19.9. The maximum absolute atomic E-state index is 13.2. The molecule has 0 atom stereocenters. The number of nitrogens with zero attached hydrogens (tertiary/aromatic N) is 4. The van der Waals surface area contributed by atoms with E-state index >= 15 is 0 Å². The van der Waals surface area contributed by atoms with Crippen molar-refractivity contribution in [3.8, 4) is 0 Å². The van der Waals surface area contributed by atoms with E-state index in [0.29, 0.717) is 17.0 Å². The van der Waals surface area contributed by atoms with E-state index in [1.807, 2.05) is 18.2 Å². The molecule has 1 aliphatic carbocycles. The Morgan fingerprint density at radius 3 is 2.71 bits per heavy atom. The van der Waals surface area contributed by atoms with Crippen LogP contribution in [0.15, 0.2) is 30.6 Å². The number of aromatic nitrogens is 4. The number of benzene rings is 1. The number of hydrogen-bond acceptors (Lipinski definition) is 8. The second kappa shape index (κ2) is 8.60. The van der Waals surface area contributed by atoms with Gasteiger partial charge >= 0.3 is 0 Å². The van der Waals surface area contributed by atoms with Gasteiger partial charge in [0, 0.05) is 55.3 Å². The van der Waals surface area contributed by atoms with Crippen LogP contribution >= 0.6 is 0 Å². The Kier molecular flexibility index (Phi) is 5.52. The molecule has 1 aliphatic heterocycles. The van der Waals surface area contributed by atoms with Gasteiger partial charge in [-0.1, -0.05) is 12.1 Å². The third kappa shape index (κ3) is 4.24. The number of Topliss-reactive ketones (excluding diaryl/α,β-unsaturated/α-hetero) is 1. The molecule has 1 aromatic carbocycles. The van der Waals surface area contributed by atoms with Crippen LogP contribution in [0, 0.1) is 5.92 Å². The van der Waals surface area contributed by atoms with Crippen molar-refractivity contribution >= 4 is 34.4 Å². The number of H-pyrrole nitrogens is 1. The van der Waals surface area contributed by atoms with Crippen LogP contribution in [0.4, 0.5) is 17.7 Å². The molecule has 0 spiro atoms. The maximum atomic E-state index is 13.2. The normalized spacial score (nSPS) is 21.9. The molecule has 9 heteroatoms. The van der Waals surface area contributed by atoms with E-state index in [9.17, 15) is 4.79 Å². The van der Waals surface area contributed by atoms with Crippen LogP contribution in [0.25, 0.3) is 10.9 Å². The van der Waals surface area contributed by atoms with E-state index in [4.69, 9.17) is 5.73 Å². The predicted molar refractivity (Wildman–Crippen MR) is 121 cm³/mol. The fraction of sp³-hybridized carbons (Fsp3) is 0.455. The second-order valence-corrected chi connectivity index (χ2v) is 8.40. The topological polar surface area (TPSA) is 125 Å². The molecule has 1 saturated carbocycles. The average Bonchev–Trinajstić information content (AvgIpc) is 3.28. The fourth-order valence-electron chi connectivity index (χ4n) is 4.45. The number of carbonyl (C=O) groups is 1. The minimum Gasteiger partial charge on any atom is -0.340 e. The molecule has 0 radical (unpaired) electrons. The number of carbonyl (C=O) groups excluding carboxylic acids is 1. The van der Waals surface area contributed by atoms with Crippen molar-refractivity contribution < 1.29 is 4.79 Å². The summed E-state index contributed by atoms with van der Waals surface area (Å²) in [6, 6.07) is 5.92. The monoisotopic (exact) mass is 420 g/mol. The number of para-hydroxylation sites is 1. The quantitative estimate of drug-likeness (QED) is 0.463. The molecule has 162 valence electrons. The first-order valence-corrected chi connectivity index (χ1v) is 11.0. The van der Waals surface area contributed by atoms with Crippen LogP contribution in [0.3, 0.4) is 0 Å². The van der Waals surface area contributed by atoms with Gasteiger partial charge in [-0.2, -0.15) is 0 Å². The Bertz CT molecular complexity index is 1070. The fourth-order valence-corrected chi connectivity index (χ4v) is 4.45. The lowest BCUT2D eigenvalue weighted by Gasteiger charge is -2.26. The molecule has 2 aliphatic rings. The van der Waals surface area contributed by atoms with Gasteiger partial charge in [0.1, 0.15) is 5.82 Å². The molecule has 1 saturated heterocycles. The lowest BCUT2D eigenvalue weighted by molar-refractivity contribution is 0.0886. The summed E-state index contributed by atoms with van der Waals surface area (Å²) in [4.78, 5) is 32.3. The van der Waals surface area contributed by atoms with Crippen LogP contribution < -0.4 is 21.3 Å². The lowest BCUT2D eigenvalue weighted by Crippen LogP contribution is -2.44. The largest absolute Gasteiger partial charge is 0.340 e. The third-order valence-electron chi connectivity index (χ3n) is 6.24. The predicted octanol–water partition coefficient (Wildman–Crippen LogP) is 2.21. The van der Waals surface area contributed by atoms with Gasteiger partial charge in [0.25, 0.3) is 0 Å². The van der Waals surface area contributed by atoms with Gasteiger partial charge in [-0.05, 0) is 31.7 Å². The third-order valence-corrected chi connectivity index (χ3v) is 6.24. The van der Waals surface area contributed by atoms with Crippen LogP contribution in [-0.4, -0.2) is 57.9 Å². The summed E-state index contributed by atoms with van der Waals surface area (Å²) in [5.74, 6) is 2.17. The van der Waals surface area contributed by atoms with Crippen molar-refractivity contribution in [3.63, 3.8) is 0 Å². The number of nitrogens with one attached hydrogen (secondary N) is 3. The zero-order chi connectivity index (χ0) is 21.2. The molecule has 2 aromatic heterocycles. The van der Waals surface area contributed by atoms with Gasteiger partial charge in [0.2, 0.25) is 11.9 Å². The van der Waals surface area contributed by atoms with Crippen LogP contribution in [0.2, 0.25) is 0 Å². The molecule has 3 aromatic rings. The first-order chi connectivity index (χ1) is 15.2. The Morgan fingerprint density at radius 2 is 1.90 bits per heavy atom. The number of imidazole rings is 1. The van der Waals surface area contributed by atoms with E-state index < -0.39 is 0 Å². The molecule has 5 rings (SSSR count). The van der Waals surface area contributed by atoms with Crippen molar-refractivity contribution in [1.82, 2.24) is 25.3 Å². The highest BCUT2D eigenvalue weighted by Gasteiger charge is 2.27. The van der Waals surface area contributed by atoms with E-state index in [2.05, 4.69) is 35.5 Å². The van der Waals surface area contributed by atoms with Crippen LogP contribution in [0.5, 0.6) is 0 Å². The number of nitrogens with two attached hydrogens (primary N) is 1. The number of piperazine rings is 1. The van der Waals surface area contributed by atoms with Gasteiger partial charge in [-0.3, -0.25) is 4.79 Å². The zero-order valence-electron chi connectivity index (χ0n) is 17.5. The molecule has 2 fully saturated rings. The smallest absolute Gasteiger partial charge is 0.228 e. The Balaban J connectivity index is 1.37. The number of rotatable bonds is 5. The highest BCUT2D eigenvalue weighted by atomic mass is 16.1. The zero-order valence-corrected chi connectivity index (χ0v) is 17.5. The minimum absolute atomic E-state index is 0.0194. The molecule has 0 amide bonds. The molecule has 31 heavy (non-hydrogen) atoms. The van der Waals surface area contributed by atoms with E-state index in [-0.39, 0.29) is 17.7 Å². The van der Waals surface area contributed by atoms with Crippen molar-refractivity contribution in [2.24, 2.45) is 11.7 Å². The number of hydrogen-bond donors (Lipinski definition) is 4. The second-order valence-electron chi connectivity index (χ2n) is 8.40. The average molecular weight is 421 g/mol. The number of ketones is 1. The Labute approximate surface area is 180 Å². The molecule has 0 bridgehead atoms. The van der Waals surface area contributed by atoms with Gasteiger partial charge in [-0.25, -0.2) is 15.0 Å². The Morgan fingerprint density at radius 1 is 1.10 bits per heavy atom. The molecule has 0 unspecified atom stereocenters. The van der Waals surface area contributed by atoms with Gasteiger partial charge in [0.15, 0.2) is 5.78 Å². The van der Waals surface area contributed by atoms with Crippen molar-refractivity contribution in [1.29, 1.82) is 0 Å². The number of anilines is 3. The summed E-state index contributed by atoms with van der Waals surface area (Å²) >= 11 is 0. The summed E-state index contributed by atoms with van der Waals surface area (Å²) in [7, 11) is 0. The molecule has 5 N–H and O–H groups in total. The van der Waals surface area contributed by atoms with Crippen molar-refractivity contribution in [3.05, 3.63) is 36.2 Å². The van der Waals surface area contributed by atoms with Gasteiger partial charge < -0.3 is 26.3 Å². The molecular formula is C22H28N8O. The number of aromatic amines is 1. The summed E-state index contributed by atoms with van der Waals surface area (Å²) in [5.41, 5.74) is 7.36. The highest BCUT2D eigenvalue weighted by molar-refractivity contribution is 6.07. The molecule has 3 heterocycles. The van der Waals surface area contributed by atoms with E-state index in [1.54, 1.807) is 12.4 Å². The Hall–Kier alpha value is -3.04. The standard InChI is InChI=1S/C22H28N8O/c23-16-6-4-14(5-7-16)20(31)17-3-1-2-15-12-25-21(29-19(15)17)27-18-13-26-22(28-18)30-10-8-24-9-11-30/h1-3,12-14,16,24H,4-11,23H2,(H,26,28)(H,25,27,29). The highest BCUT2D eigenvalue weighted by Crippen LogP contribution is 2.29. The van der Waals surface area contributed by atoms with Gasteiger partial charge in [-0.15, -0.1) is 0 Å². The van der Waals surface area contributed by atoms with Crippen LogP contribution in [0.1, 0.15) is 36.0 Å². The summed E-state index contributed by atoms with van der Waals surface area (Å²) in [6.45, 7) is 3.72. The van der Waals surface area contributed by atoms with E-state index in [1.165, 1.54) is 0 Å². The molecule has 9 nitrogen and oxygen atoms in total. The van der Waals surface area contributed by atoms with E-state index in [0.717, 1.165) is 69.0 Å². The lowest BCUT2D eigenvalue weighted by atomic mass is 9.81. The van der Waals surface area contributed by atoms with Crippen molar-refractivity contribution in [2.45, 2.75) is 31.7 Å². The molecular weight excluding hydrogens is 392 g/mol. The SMILES string of the molecule is NC1CCC(C(=O)c2cccc3cnc(Nc4cnc(N5CCNCC5)[nH]4)nc23)CC1. The van der Waals surface area contributed by atoms with Crippen molar-refractivity contribution in [2.75, 3.05) is 36.4 Å². The summed E-state index contributed by atoms with van der Waals surface area (Å²) in [6.07, 6.45) is 6.99. The van der Waals surface area contributed by atoms with Crippen LogP contribution in [-0.2, 0) is 0 Å². The van der Waals surface area contributed by atoms with Gasteiger partial charge in [0.05, 0.1) is 11.7 Å². The number of fused-ring (bicyclic) bond motifs is 1. The summed E-state index contributed by atoms with van der Waals surface area (Å²) < 4.78 is 0. The summed E-state index contributed by atoms with van der Waals surface area (Å²) in [5, 5.41) is 7.39. The minimum atomic E-state index is 0.0194. The maximum Gasteiger partial charge on any atom is 0.228 e. The first-order valence-electron chi connectivity index (χ1n) is 11.0.